The molecule has 2 aromatic heterocycles. The second-order valence-corrected chi connectivity index (χ2v) is 15.6. The van der Waals surface area contributed by atoms with Gasteiger partial charge >= 0.3 is 0 Å². The van der Waals surface area contributed by atoms with Gasteiger partial charge in [-0.15, -0.1) is 0 Å². The van der Waals surface area contributed by atoms with Crippen molar-refractivity contribution in [3.05, 3.63) is 71.5 Å². The molecule has 50 heavy (non-hydrogen) atoms. The van der Waals surface area contributed by atoms with E-state index in [0.717, 1.165) is 0 Å². The third kappa shape index (κ3) is 8.35. The van der Waals surface area contributed by atoms with Gasteiger partial charge < -0.3 is 19.3 Å². The summed E-state index contributed by atoms with van der Waals surface area (Å²) in [5, 5.41) is 10.1. The molecular weight excluding hydrogens is 655 g/mol. The van der Waals surface area contributed by atoms with E-state index in [1.807, 2.05) is 34.6 Å². The standard InChI is InChI=1S/C38H51N5O6S/c1-12-38(23(2)3,37(9,10)11)29-18-17-28(21-25(29)6)50(45,46)43-33-32(49-31-16-14-13-15-30(31)48-24(4)5)36(47-22-27(8)44)42-35(41-33)34-39-20-19-26(7)40-34/h13-21,23-24,27,44H,12,22H2,1-11H3,(H,41,42,43)/i17D,18D,21D. The van der Waals surface area contributed by atoms with Crippen molar-refractivity contribution in [3.8, 4) is 34.8 Å². The fraction of sp³-hybridized carbons (Fsp3) is 0.474. The van der Waals surface area contributed by atoms with Gasteiger partial charge in [0.15, 0.2) is 23.1 Å². The van der Waals surface area contributed by atoms with Crippen LogP contribution in [0.3, 0.4) is 0 Å². The van der Waals surface area contributed by atoms with Gasteiger partial charge in [0.2, 0.25) is 11.6 Å². The smallest absolute Gasteiger partial charge is 0.264 e. The van der Waals surface area contributed by atoms with Gasteiger partial charge in [-0.1, -0.05) is 59.7 Å². The minimum Gasteiger partial charge on any atom is -0.487 e. The first-order valence-corrected chi connectivity index (χ1v) is 18.2. The van der Waals surface area contributed by atoms with Gasteiger partial charge in [-0.05, 0) is 93.8 Å². The first-order valence-electron chi connectivity index (χ1n) is 18.3. The molecule has 0 fully saturated rings. The number of aromatic nitrogens is 4. The molecule has 2 heterocycles. The Morgan fingerprint density at radius 1 is 0.960 bits per heavy atom. The van der Waals surface area contributed by atoms with Crippen LogP contribution in [-0.2, 0) is 15.4 Å². The lowest BCUT2D eigenvalue weighted by atomic mass is 9.55. The summed E-state index contributed by atoms with van der Waals surface area (Å²) < 4.78 is 77.1. The molecule has 0 aliphatic carbocycles. The SMILES string of the molecule is [2H]c1c([2H])c(S(=O)(=O)Nc2nc(-c3nccc(C)n3)nc(OCC(C)O)c2Oc2ccccc2OC(C)C)c([2H])c(C)c1C(CC)(C(C)C)C(C)(C)C. The molecule has 0 spiro atoms. The lowest BCUT2D eigenvalue weighted by molar-refractivity contribution is 0.115. The van der Waals surface area contributed by atoms with E-state index in [9.17, 15) is 16.3 Å². The van der Waals surface area contributed by atoms with Crippen LogP contribution in [0.4, 0.5) is 5.82 Å². The fourth-order valence-electron chi connectivity index (χ4n) is 6.42. The van der Waals surface area contributed by atoms with E-state index in [1.54, 1.807) is 44.2 Å². The first-order chi connectivity index (χ1) is 24.7. The quantitative estimate of drug-likeness (QED) is 0.132. The summed E-state index contributed by atoms with van der Waals surface area (Å²) in [5.41, 5.74) is 0.326. The molecule has 12 heteroatoms. The van der Waals surface area contributed by atoms with Crippen LogP contribution in [0.1, 0.15) is 89.7 Å². The summed E-state index contributed by atoms with van der Waals surface area (Å²) in [6.45, 7) is 20.6. The lowest BCUT2D eigenvalue weighted by Gasteiger charge is -2.49. The molecule has 2 unspecified atom stereocenters. The molecule has 4 rings (SSSR count). The Balaban J connectivity index is 2.02. The van der Waals surface area contributed by atoms with Crippen molar-refractivity contribution >= 4 is 15.8 Å². The summed E-state index contributed by atoms with van der Waals surface area (Å²) >= 11 is 0. The Hall–Kier alpha value is -4.29. The molecule has 0 saturated carbocycles. The maximum absolute atomic E-state index is 14.5. The zero-order chi connectivity index (χ0) is 39.6. The van der Waals surface area contributed by atoms with Crippen LogP contribution in [0.25, 0.3) is 11.6 Å². The Morgan fingerprint density at radius 3 is 2.22 bits per heavy atom. The molecule has 4 aromatic rings. The maximum atomic E-state index is 14.5. The van der Waals surface area contributed by atoms with Crippen molar-refractivity contribution in [2.75, 3.05) is 11.3 Å². The van der Waals surface area contributed by atoms with E-state index in [2.05, 4.69) is 45.4 Å². The molecule has 2 N–H and O–H groups in total. The number of aryl methyl sites for hydroxylation is 1. The van der Waals surface area contributed by atoms with Crippen LogP contribution in [0.5, 0.6) is 23.1 Å². The number of ether oxygens (including phenoxy) is 3. The summed E-state index contributed by atoms with van der Waals surface area (Å²) in [4.78, 5) is 16.9. The van der Waals surface area contributed by atoms with Gasteiger partial charge in [-0.25, -0.2) is 23.4 Å². The summed E-state index contributed by atoms with van der Waals surface area (Å²) in [6, 6.07) is 7.10. The predicted octanol–water partition coefficient (Wildman–Crippen LogP) is 8.04. The van der Waals surface area contributed by atoms with E-state index in [0.29, 0.717) is 29.0 Å². The highest BCUT2D eigenvalue weighted by molar-refractivity contribution is 7.92. The highest BCUT2D eigenvalue weighted by Crippen LogP contribution is 2.51. The van der Waals surface area contributed by atoms with Crippen LogP contribution in [0, 0.1) is 25.2 Å². The Bertz CT molecular complexity index is 2040. The lowest BCUT2D eigenvalue weighted by Crippen LogP contribution is -2.44. The predicted molar refractivity (Wildman–Crippen MR) is 196 cm³/mol. The van der Waals surface area contributed by atoms with Crippen LogP contribution in [0.15, 0.2) is 59.6 Å². The Kier molecular flexibility index (Phi) is 10.5. The normalized spacial score (nSPS) is 14.8. The number of hydrogen-bond acceptors (Lipinski definition) is 10. The molecule has 0 bridgehead atoms. The van der Waals surface area contributed by atoms with Crippen molar-refractivity contribution in [1.82, 2.24) is 19.9 Å². The van der Waals surface area contributed by atoms with Gasteiger partial charge in [0.1, 0.15) is 6.61 Å². The number of aliphatic hydroxyl groups is 1. The summed E-state index contributed by atoms with van der Waals surface area (Å²) in [5.74, 6) is -0.546. The highest BCUT2D eigenvalue weighted by Gasteiger charge is 2.45. The second kappa shape index (κ2) is 15.3. The molecule has 2 aromatic carbocycles. The third-order valence-electron chi connectivity index (χ3n) is 8.52. The van der Waals surface area contributed by atoms with Crippen LogP contribution in [-0.4, -0.2) is 52.3 Å². The fourth-order valence-corrected chi connectivity index (χ4v) is 7.39. The zero-order valence-corrected chi connectivity index (χ0v) is 31.6. The van der Waals surface area contributed by atoms with Gasteiger partial charge in [0.25, 0.3) is 15.9 Å². The van der Waals surface area contributed by atoms with E-state index >= 15 is 0 Å². The summed E-state index contributed by atoms with van der Waals surface area (Å²) in [6.07, 6.45) is 0.912. The van der Waals surface area contributed by atoms with Crippen LogP contribution >= 0.6 is 0 Å². The molecule has 0 saturated heterocycles. The van der Waals surface area contributed by atoms with E-state index in [1.165, 1.54) is 13.1 Å². The molecule has 11 nitrogen and oxygen atoms in total. The number of rotatable bonds is 14. The average Bonchev–Trinajstić information content (AvgIpc) is 3.05. The molecule has 0 radical (unpaired) electrons. The van der Waals surface area contributed by atoms with Crippen molar-refractivity contribution in [1.29, 1.82) is 0 Å². The molecule has 0 aliphatic heterocycles. The van der Waals surface area contributed by atoms with Crippen molar-refractivity contribution in [3.63, 3.8) is 0 Å². The maximum Gasteiger partial charge on any atom is 0.264 e. The summed E-state index contributed by atoms with van der Waals surface area (Å²) in [7, 11) is -4.84. The van der Waals surface area contributed by atoms with Gasteiger partial charge in [-0.2, -0.15) is 4.98 Å². The number of aliphatic hydroxyl groups excluding tert-OH is 1. The monoisotopic (exact) mass is 708 g/mol. The van der Waals surface area contributed by atoms with Crippen molar-refractivity contribution in [2.45, 2.75) is 105 Å². The Labute approximate surface area is 301 Å². The van der Waals surface area contributed by atoms with E-state index in [-0.39, 0.29) is 53.7 Å². The van der Waals surface area contributed by atoms with Crippen LogP contribution < -0.4 is 18.9 Å². The second-order valence-electron chi connectivity index (χ2n) is 14.0. The Morgan fingerprint density at radius 2 is 1.64 bits per heavy atom. The average molecular weight is 709 g/mol. The first kappa shape index (κ1) is 34.2. The number of para-hydroxylation sites is 2. The highest BCUT2D eigenvalue weighted by atomic mass is 32.2. The van der Waals surface area contributed by atoms with Gasteiger partial charge in [-0.3, -0.25) is 4.72 Å². The van der Waals surface area contributed by atoms with Gasteiger partial charge in [0, 0.05) is 17.3 Å². The minimum absolute atomic E-state index is 0.000263. The number of hydrogen-bond donors (Lipinski definition) is 2. The largest absolute Gasteiger partial charge is 0.487 e. The zero-order valence-electron chi connectivity index (χ0n) is 33.8. The molecule has 0 aliphatic rings. The molecule has 0 amide bonds. The van der Waals surface area contributed by atoms with Gasteiger partial charge in [0.05, 0.1) is 21.2 Å². The molecule has 270 valence electrons. The number of anilines is 1. The minimum atomic E-state index is -4.84. The number of benzene rings is 2. The molecular formula is C38H51N5O6S. The number of nitrogens with zero attached hydrogens (tertiary/aromatic N) is 4. The van der Waals surface area contributed by atoms with Crippen molar-refractivity contribution in [2.24, 2.45) is 11.3 Å². The van der Waals surface area contributed by atoms with E-state index in [4.69, 9.17) is 15.6 Å². The topological polar surface area (TPSA) is 146 Å². The van der Waals surface area contributed by atoms with E-state index < -0.39 is 49.8 Å². The number of nitrogens with one attached hydrogen (secondary N) is 1. The molecule has 2 atom stereocenters. The van der Waals surface area contributed by atoms with Crippen LogP contribution in [0.2, 0.25) is 0 Å². The number of sulfonamides is 1. The van der Waals surface area contributed by atoms with Crippen molar-refractivity contribution < 1.29 is 31.8 Å². The third-order valence-corrected chi connectivity index (χ3v) is 9.72.